The molecule has 0 bridgehead atoms. The molecule has 0 amide bonds. The molecule has 1 unspecified atom stereocenters. The number of hydrogen-bond acceptors (Lipinski definition) is 3. The van der Waals surface area contributed by atoms with Crippen molar-refractivity contribution in [3.05, 3.63) is 70.3 Å². The van der Waals surface area contributed by atoms with Crippen LogP contribution in [-0.2, 0) is 17.1 Å². The normalized spacial score (nSPS) is 19.6. The number of nitrogens with zero attached hydrogens (tertiary/aromatic N) is 1. The van der Waals surface area contributed by atoms with Gasteiger partial charge in [-0.1, -0.05) is 6.58 Å². The van der Waals surface area contributed by atoms with Crippen molar-refractivity contribution in [2.75, 3.05) is 0 Å². The molecule has 0 aliphatic carbocycles. The van der Waals surface area contributed by atoms with Gasteiger partial charge in [0.2, 0.25) is 0 Å². The third-order valence-corrected chi connectivity index (χ3v) is 4.18. The van der Waals surface area contributed by atoms with Gasteiger partial charge in [-0.15, -0.1) is 0 Å². The summed E-state index contributed by atoms with van der Waals surface area (Å²) < 4.78 is 159. The van der Waals surface area contributed by atoms with Crippen LogP contribution in [0.1, 0.15) is 23.9 Å². The molecule has 0 aromatic carbocycles. The maximum absolute atomic E-state index is 12.9. The number of alkyl halides is 12. The van der Waals surface area contributed by atoms with Gasteiger partial charge >= 0.3 is 24.7 Å². The monoisotopic (exact) mass is 513 g/mol. The summed E-state index contributed by atoms with van der Waals surface area (Å²) >= 11 is 0. The van der Waals surface area contributed by atoms with Gasteiger partial charge < -0.3 is 9.84 Å². The second kappa shape index (κ2) is 8.58. The number of hydrogen-bond donors (Lipinski definition) is 1. The number of epoxide rings is 1. The van der Waals surface area contributed by atoms with Crippen LogP contribution in [0.15, 0.2) is 53.3 Å². The van der Waals surface area contributed by atoms with Gasteiger partial charge in [-0.25, -0.2) is 4.98 Å². The van der Waals surface area contributed by atoms with Crippen LogP contribution in [0.3, 0.4) is 0 Å². The number of rotatable bonds is 4. The van der Waals surface area contributed by atoms with Gasteiger partial charge in [-0.05, 0) is 31.2 Å². The lowest BCUT2D eigenvalue weighted by Crippen LogP contribution is -2.15. The molecule has 3 nitrogen and oxygen atoms in total. The van der Waals surface area contributed by atoms with E-state index in [1.165, 1.54) is 0 Å². The molecule has 15 heteroatoms. The average molecular weight is 513 g/mol. The van der Waals surface area contributed by atoms with Crippen molar-refractivity contribution in [1.82, 2.24) is 4.98 Å². The molecule has 0 radical (unpaired) electrons. The lowest BCUT2D eigenvalue weighted by Gasteiger charge is -2.12. The summed E-state index contributed by atoms with van der Waals surface area (Å²) in [6.07, 6.45) is -22.3. The highest BCUT2D eigenvalue weighted by molar-refractivity contribution is 5.67. The number of allylic oxidation sites excluding steroid dienone is 3. The first-order valence-corrected chi connectivity index (χ1v) is 8.62. The first kappa shape index (κ1) is 27.1. The Balaban J connectivity index is 2.61. The lowest BCUT2D eigenvalue weighted by molar-refractivity contribution is -0.150. The molecule has 1 aliphatic heterocycles. The molecule has 0 spiro atoms. The zero-order chi connectivity index (χ0) is 26.4. The number of aliphatic hydroxyl groups excluding tert-OH is 1. The molecule has 1 aliphatic rings. The molecule has 1 fully saturated rings. The van der Waals surface area contributed by atoms with Crippen LogP contribution in [-0.4, -0.2) is 28.5 Å². The fourth-order valence-electron chi connectivity index (χ4n) is 2.40. The van der Waals surface area contributed by atoms with E-state index in [2.05, 4.69) is 11.6 Å². The second-order valence-corrected chi connectivity index (χ2v) is 6.83. The topological polar surface area (TPSA) is 45.6 Å². The molecule has 1 atom stereocenters. The highest BCUT2D eigenvalue weighted by atomic mass is 19.4. The third kappa shape index (κ3) is 6.47. The second-order valence-electron chi connectivity index (χ2n) is 6.83. The van der Waals surface area contributed by atoms with E-state index in [-0.39, 0.29) is 24.3 Å². The van der Waals surface area contributed by atoms with Crippen molar-refractivity contribution >= 4 is 5.76 Å². The minimum Gasteiger partial charge on any atom is -0.504 e. The maximum Gasteiger partial charge on any atom is 0.433 e. The zero-order valence-corrected chi connectivity index (χ0v) is 16.4. The molecule has 2 heterocycles. The van der Waals surface area contributed by atoms with E-state index in [9.17, 15) is 57.8 Å². The maximum atomic E-state index is 12.9. The van der Waals surface area contributed by atoms with Crippen molar-refractivity contribution in [2.45, 2.75) is 37.7 Å². The van der Waals surface area contributed by atoms with Gasteiger partial charge in [0.05, 0.1) is 0 Å². The summed E-state index contributed by atoms with van der Waals surface area (Å²) in [5, 5.41) is 10.1. The standard InChI is InChI=1S/C19H11F12NO2/c1-7(16(20,21)22)3-10(4-8(2)17(23,24)25)14-15(34-14)13(33)9-5-11(18(26,27)28)32-12(6-9)19(29,30)31/h3-6,14,33H,1H2,2H3/b8-4+,10-3+,15-13+. The van der Waals surface area contributed by atoms with E-state index in [0.717, 1.165) is 0 Å². The Bertz CT molecular complexity index is 1040. The molecule has 2 rings (SSSR count). The largest absolute Gasteiger partial charge is 0.504 e. The molecule has 188 valence electrons. The van der Waals surface area contributed by atoms with Gasteiger partial charge in [0, 0.05) is 22.3 Å². The molecule has 34 heavy (non-hydrogen) atoms. The van der Waals surface area contributed by atoms with Gasteiger partial charge in [0.25, 0.3) is 0 Å². The van der Waals surface area contributed by atoms with Crippen molar-refractivity contribution in [3.8, 4) is 0 Å². The summed E-state index contributed by atoms with van der Waals surface area (Å²) in [4.78, 5) is 2.42. The first-order valence-electron chi connectivity index (χ1n) is 8.62. The SMILES string of the molecule is C=C(/C=C(\C=C(/C)C(F)(F)F)C1O/C1=C(/O)c1cc(C(F)(F)F)nc(C(F)(F)F)c1)C(F)(F)F. The van der Waals surface area contributed by atoms with Crippen molar-refractivity contribution in [1.29, 1.82) is 0 Å². The number of aliphatic hydroxyl groups is 1. The van der Waals surface area contributed by atoms with Crippen LogP contribution in [0.5, 0.6) is 0 Å². The Morgan fingerprint density at radius 3 is 1.74 bits per heavy atom. The van der Waals surface area contributed by atoms with Crippen LogP contribution >= 0.6 is 0 Å². The Morgan fingerprint density at radius 1 is 0.882 bits per heavy atom. The molecular weight excluding hydrogens is 502 g/mol. The van der Waals surface area contributed by atoms with Crippen molar-refractivity contribution in [2.24, 2.45) is 0 Å². The van der Waals surface area contributed by atoms with E-state index in [1.807, 2.05) is 0 Å². The fraction of sp³-hybridized carbons (Fsp3) is 0.316. The van der Waals surface area contributed by atoms with Gasteiger partial charge in [0.15, 0.2) is 17.6 Å². The minimum atomic E-state index is -5.38. The van der Waals surface area contributed by atoms with E-state index < -0.39 is 76.0 Å². The van der Waals surface area contributed by atoms with Crippen LogP contribution in [0.2, 0.25) is 0 Å². The smallest absolute Gasteiger partial charge is 0.433 e. The van der Waals surface area contributed by atoms with Gasteiger partial charge in [-0.3, -0.25) is 0 Å². The lowest BCUT2D eigenvalue weighted by atomic mass is 10.0. The Labute approximate surface area is 182 Å². The van der Waals surface area contributed by atoms with E-state index in [0.29, 0.717) is 6.92 Å². The third-order valence-electron chi connectivity index (χ3n) is 4.18. The Hall–Kier alpha value is -3.13. The van der Waals surface area contributed by atoms with Crippen LogP contribution in [0.4, 0.5) is 52.7 Å². The van der Waals surface area contributed by atoms with Crippen LogP contribution in [0.25, 0.3) is 5.76 Å². The molecule has 1 aromatic heterocycles. The quantitative estimate of drug-likeness (QED) is 0.199. The number of aromatic nitrogens is 1. The van der Waals surface area contributed by atoms with Crippen molar-refractivity contribution in [3.63, 3.8) is 0 Å². The van der Waals surface area contributed by atoms with E-state index in [1.54, 1.807) is 0 Å². The molecular formula is C19H11F12NO2. The first-order chi connectivity index (χ1) is 15.1. The summed E-state index contributed by atoms with van der Waals surface area (Å²) in [5.74, 6) is -2.23. The van der Waals surface area contributed by atoms with E-state index >= 15 is 0 Å². The Kier molecular flexibility index (Phi) is 6.84. The number of halogens is 12. The van der Waals surface area contributed by atoms with Crippen molar-refractivity contribution < 1.29 is 62.5 Å². The zero-order valence-electron chi connectivity index (χ0n) is 16.4. The number of pyridine rings is 1. The number of ether oxygens (including phenoxy) is 1. The summed E-state index contributed by atoms with van der Waals surface area (Å²) in [7, 11) is 0. The van der Waals surface area contributed by atoms with Crippen LogP contribution in [0, 0.1) is 0 Å². The molecule has 1 N–H and O–H groups in total. The predicted octanol–water partition coefficient (Wildman–Crippen LogP) is 7.30. The predicted molar refractivity (Wildman–Crippen MR) is 91.8 cm³/mol. The highest BCUT2D eigenvalue weighted by Crippen LogP contribution is 2.43. The van der Waals surface area contributed by atoms with Gasteiger partial charge in [0.1, 0.15) is 11.4 Å². The minimum absolute atomic E-state index is 0.00511. The van der Waals surface area contributed by atoms with Crippen LogP contribution < -0.4 is 0 Å². The summed E-state index contributed by atoms with van der Waals surface area (Å²) in [5.41, 5.74) is -9.15. The molecule has 1 aromatic rings. The molecule has 1 saturated heterocycles. The average Bonchev–Trinajstić information content (AvgIpc) is 3.44. The van der Waals surface area contributed by atoms with E-state index in [4.69, 9.17) is 4.74 Å². The summed E-state index contributed by atoms with van der Waals surface area (Å²) in [6, 6.07) is 0.0102. The van der Waals surface area contributed by atoms with Gasteiger partial charge in [-0.2, -0.15) is 52.7 Å². The highest BCUT2D eigenvalue weighted by Gasteiger charge is 2.44. The molecule has 0 saturated carbocycles. The Morgan fingerprint density at radius 2 is 1.35 bits per heavy atom. The fourth-order valence-corrected chi connectivity index (χ4v) is 2.40. The summed E-state index contributed by atoms with van der Waals surface area (Å²) in [6.45, 7) is 3.14.